The van der Waals surface area contributed by atoms with Crippen LogP contribution in [0.5, 0.6) is 0 Å². The van der Waals surface area contributed by atoms with Crippen LogP contribution in [0.2, 0.25) is 0 Å². The minimum absolute atomic E-state index is 0.542. The molecule has 154 valence electrons. The Balaban J connectivity index is 2.05. The van der Waals surface area contributed by atoms with Gasteiger partial charge in [-0.3, -0.25) is 10.0 Å². The molecule has 1 aromatic heterocycles. The number of aromatic nitrogens is 2. The van der Waals surface area contributed by atoms with Crippen molar-refractivity contribution in [3.8, 4) is 0 Å². The van der Waals surface area contributed by atoms with E-state index in [-0.39, 0.29) is 0 Å². The van der Waals surface area contributed by atoms with Gasteiger partial charge in [-0.1, -0.05) is 46.6 Å². The summed E-state index contributed by atoms with van der Waals surface area (Å²) in [5.74, 6) is 1.72. The fourth-order valence-electron chi connectivity index (χ4n) is 4.07. The van der Waals surface area contributed by atoms with E-state index in [2.05, 4.69) is 43.3 Å². The number of imidazole rings is 1. The number of hydrogen-bond acceptors (Lipinski definition) is 3. The molecule has 0 radical (unpaired) electrons. The van der Waals surface area contributed by atoms with Crippen LogP contribution in [0.4, 0.5) is 0 Å². The minimum atomic E-state index is -0.542. The van der Waals surface area contributed by atoms with Crippen LogP contribution < -0.4 is 5.48 Å². The maximum absolute atomic E-state index is 11.1. The van der Waals surface area contributed by atoms with Crippen molar-refractivity contribution in [1.29, 1.82) is 0 Å². The van der Waals surface area contributed by atoms with E-state index < -0.39 is 5.91 Å². The van der Waals surface area contributed by atoms with Crippen molar-refractivity contribution in [3.05, 3.63) is 36.2 Å². The Morgan fingerprint density at radius 2 is 2.04 bits per heavy atom. The molecule has 0 aliphatic rings. The first-order chi connectivity index (χ1) is 13.4. The molecule has 2 atom stereocenters. The Morgan fingerprint density at radius 1 is 1.25 bits per heavy atom. The van der Waals surface area contributed by atoms with Crippen LogP contribution >= 0.6 is 0 Å². The third kappa shape index (κ3) is 6.79. The van der Waals surface area contributed by atoms with Crippen molar-refractivity contribution in [2.75, 3.05) is 0 Å². The zero-order valence-electron chi connectivity index (χ0n) is 17.7. The first-order valence-corrected chi connectivity index (χ1v) is 10.5. The molecule has 0 saturated carbocycles. The third-order valence-electron chi connectivity index (χ3n) is 5.28. The molecular weight excluding hydrogens is 350 g/mol. The Labute approximate surface area is 168 Å². The largest absolute Gasteiger partial charge is 0.331 e. The first kappa shape index (κ1) is 22.2. The monoisotopic (exact) mass is 385 g/mol. The summed E-state index contributed by atoms with van der Waals surface area (Å²) < 4.78 is 2.24. The molecule has 5 nitrogen and oxygen atoms in total. The summed E-state index contributed by atoms with van der Waals surface area (Å²) in [6.45, 7) is 10.3. The molecule has 2 aromatic rings. The lowest BCUT2D eigenvalue weighted by atomic mass is 9.85. The van der Waals surface area contributed by atoms with E-state index in [1.165, 1.54) is 38.2 Å². The number of rotatable bonds is 11. The predicted molar refractivity (Wildman–Crippen MR) is 115 cm³/mol. The lowest BCUT2D eigenvalue weighted by Gasteiger charge is -2.23. The number of amides is 1. The molecule has 0 aliphatic carbocycles. The topological polar surface area (TPSA) is 67.2 Å². The van der Waals surface area contributed by atoms with Crippen molar-refractivity contribution in [2.45, 2.75) is 66.3 Å². The molecular formula is C23H35N3O2. The van der Waals surface area contributed by atoms with Crippen molar-refractivity contribution in [3.63, 3.8) is 0 Å². The summed E-state index contributed by atoms with van der Waals surface area (Å²) in [6, 6.07) is 5.98. The molecule has 0 spiro atoms. The molecule has 0 aliphatic heterocycles. The molecule has 1 aromatic carbocycles. The Kier molecular flexibility index (Phi) is 8.71. The van der Waals surface area contributed by atoms with Crippen molar-refractivity contribution in [1.82, 2.24) is 15.0 Å². The van der Waals surface area contributed by atoms with Crippen LogP contribution in [0.3, 0.4) is 0 Å². The highest BCUT2D eigenvalue weighted by atomic mass is 16.5. The number of hydrogen-bond donors (Lipinski definition) is 2. The molecule has 2 N–H and O–H groups in total. The van der Waals surface area contributed by atoms with E-state index in [9.17, 15) is 4.79 Å². The lowest BCUT2D eigenvalue weighted by Crippen LogP contribution is -2.14. The summed E-state index contributed by atoms with van der Waals surface area (Å²) in [6.07, 6.45) is 11.2. The zero-order valence-corrected chi connectivity index (χ0v) is 17.7. The van der Waals surface area contributed by atoms with E-state index >= 15 is 0 Å². The number of carbonyl (C=O) groups is 1. The second kappa shape index (κ2) is 11.0. The number of fused-ring (bicyclic) bond motifs is 1. The van der Waals surface area contributed by atoms with Crippen LogP contribution in [-0.4, -0.2) is 20.7 Å². The fourth-order valence-corrected chi connectivity index (χ4v) is 4.07. The number of hydroxylamine groups is 1. The molecule has 28 heavy (non-hydrogen) atoms. The summed E-state index contributed by atoms with van der Waals surface area (Å²) in [7, 11) is 0. The normalized spacial score (nSPS) is 14.1. The average molecular weight is 386 g/mol. The lowest BCUT2D eigenvalue weighted by molar-refractivity contribution is -0.124. The van der Waals surface area contributed by atoms with Crippen LogP contribution in [0.1, 0.15) is 65.4 Å². The quantitative estimate of drug-likeness (QED) is 0.308. The van der Waals surface area contributed by atoms with Crippen molar-refractivity contribution in [2.24, 2.45) is 17.8 Å². The van der Waals surface area contributed by atoms with Crippen LogP contribution in [0, 0.1) is 17.8 Å². The third-order valence-corrected chi connectivity index (χ3v) is 5.28. The Hall–Kier alpha value is -2.14. The Morgan fingerprint density at radius 3 is 2.71 bits per heavy atom. The van der Waals surface area contributed by atoms with Gasteiger partial charge in [-0.25, -0.2) is 10.5 Å². The number of carbonyl (C=O) groups excluding carboxylic acids is 1. The second-order valence-corrected chi connectivity index (χ2v) is 8.41. The molecule has 0 bridgehead atoms. The van der Waals surface area contributed by atoms with Gasteiger partial charge in [0.15, 0.2) is 0 Å². The van der Waals surface area contributed by atoms with Gasteiger partial charge in [0.05, 0.1) is 17.4 Å². The van der Waals surface area contributed by atoms with Crippen LogP contribution in [0.25, 0.3) is 17.1 Å². The minimum Gasteiger partial charge on any atom is -0.331 e. The first-order valence-electron chi connectivity index (χ1n) is 10.5. The van der Waals surface area contributed by atoms with Crippen LogP contribution in [0.15, 0.2) is 30.6 Å². The zero-order chi connectivity index (χ0) is 20.5. The molecule has 5 heteroatoms. The van der Waals surface area contributed by atoms with Crippen molar-refractivity contribution < 1.29 is 10.0 Å². The summed E-state index contributed by atoms with van der Waals surface area (Å²) in [4.78, 5) is 15.7. The van der Waals surface area contributed by atoms with E-state index in [1.54, 1.807) is 11.6 Å². The van der Waals surface area contributed by atoms with Gasteiger partial charge < -0.3 is 4.57 Å². The van der Waals surface area contributed by atoms with Gasteiger partial charge in [-0.2, -0.15) is 0 Å². The van der Waals surface area contributed by atoms with Gasteiger partial charge in [-0.05, 0) is 60.8 Å². The Bertz CT molecular complexity index is 779. The van der Waals surface area contributed by atoms with Gasteiger partial charge >= 0.3 is 0 Å². The van der Waals surface area contributed by atoms with Crippen LogP contribution in [-0.2, 0) is 11.3 Å². The van der Waals surface area contributed by atoms with Gasteiger partial charge in [0.1, 0.15) is 0 Å². The van der Waals surface area contributed by atoms with E-state index in [0.29, 0.717) is 0 Å². The molecule has 1 amide bonds. The standard InChI is InChI=1S/C23H35N3O2/c1-5-6-18(4)14-20(13-17(2)3)11-12-26-16-24-21-15-19(7-9-22(21)26)8-10-23(27)25-28/h7-10,15-18,20,28H,5-6,11-14H2,1-4H3,(H,25,27)/b10-8+. The fraction of sp³-hybridized carbons (Fsp3) is 0.565. The smallest absolute Gasteiger partial charge is 0.267 e. The highest BCUT2D eigenvalue weighted by Crippen LogP contribution is 2.27. The van der Waals surface area contributed by atoms with Crippen molar-refractivity contribution >= 4 is 23.0 Å². The number of nitrogens with zero attached hydrogens (tertiary/aromatic N) is 2. The summed E-state index contributed by atoms with van der Waals surface area (Å²) in [5, 5.41) is 8.56. The maximum Gasteiger partial charge on any atom is 0.267 e. The molecule has 2 rings (SSSR count). The van der Waals surface area contributed by atoms with E-state index in [4.69, 9.17) is 5.21 Å². The average Bonchev–Trinajstić information content (AvgIpc) is 3.06. The van der Waals surface area contributed by atoms with Gasteiger partial charge in [-0.15, -0.1) is 0 Å². The summed E-state index contributed by atoms with van der Waals surface area (Å²) in [5.41, 5.74) is 4.52. The molecule has 1 heterocycles. The van der Waals surface area contributed by atoms with E-state index in [0.717, 1.165) is 40.9 Å². The number of nitrogens with one attached hydrogen (secondary N) is 1. The summed E-state index contributed by atoms with van der Waals surface area (Å²) >= 11 is 0. The van der Waals surface area contributed by atoms with E-state index in [1.807, 2.05) is 18.5 Å². The second-order valence-electron chi connectivity index (χ2n) is 8.41. The molecule has 0 fully saturated rings. The number of aryl methyl sites for hydroxylation is 1. The predicted octanol–water partition coefficient (Wildman–Crippen LogP) is 5.43. The molecule has 2 unspecified atom stereocenters. The highest BCUT2D eigenvalue weighted by molar-refractivity contribution is 5.91. The van der Waals surface area contributed by atoms with Gasteiger partial charge in [0.25, 0.3) is 5.91 Å². The van der Waals surface area contributed by atoms with Gasteiger partial charge in [0, 0.05) is 12.6 Å². The number of benzene rings is 1. The van der Waals surface area contributed by atoms with Gasteiger partial charge in [0.2, 0.25) is 0 Å². The highest BCUT2D eigenvalue weighted by Gasteiger charge is 2.15. The maximum atomic E-state index is 11.1. The molecule has 0 saturated heterocycles. The SMILES string of the molecule is CCCC(C)CC(CCn1cnc2cc(/C=C/C(=O)NO)ccc21)CC(C)C.